The van der Waals surface area contributed by atoms with Gasteiger partial charge in [-0.25, -0.2) is 5.48 Å². The van der Waals surface area contributed by atoms with E-state index in [1.807, 2.05) is 0 Å². The van der Waals surface area contributed by atoms with E-state index in [9.17, 15) is 26.7 Å². The number of halogens is 5. The quantitative estimate of drug-likeness (QED) is 0.521. The van der Waals surface area contributed by atoms with Crippen LogP contribution >= 0.6 is 0 Å². The first-order valence-electron chi connectivity index (χ1n) is 2.51. The lowest BCUT2D eigenvalue weighted by atomic mass is 10.3. The normalized spacial score (nSPS) is 12.8. The third-order valence-electron chi connectivity index (χ3n) is 0.836. The second kappa shape index (κ2) is 3.21. The molecule has 3 nitrogen and oxygen atoms in total. The van der Waals surface area contributed by atoms with Crippen molar-refractivity contribution in [1.29, 1.82) is 0 Å². The lowest BCUT2D eigenvalue weighted by molar-refractivity contribution is -0.273. The second-order valence-electron chi connectivity index (χ2n) is 1.71. The average molecular weight is 193 g/mol. The van der Waals surface area contributed by atoms with Gasteiger partial charge in [0.1, 0.15) is 0 Å². The van der Waals surface area contributed by atoms with E-state index in [0.717, 1.165) is 12.6 Å². The summed E-state index contributed by atoms with van der Waals surface area (Å²) in [6.07, 6.45) is -5.91. The number of hydrogen-bond acceptors (Lipinski definition) is 2. The average Bonchev–Trinajstić information content (AvgIpc) is 1.85. The highest BCUT2D eigenvalue weighted by molar-refractivity contribution is 5.83. The molecule has 1 amide bonds. The predicted octanol–water partition coefficient (Wildman–Crippen LogP) is 0.862. The van der Waals surface area contributed by atoms with E-state index in [4.69, 9.17) is 0 Å². The largest absolute Gasteiger partial charge is 0.463 e. The zero-order valence-corrected chi connectivity index (χ0v) is 5.71. The predicted molar refractivity (Wildman–Crippen MR) is 26.2 cm³/mol. The molecule has 0 aliphatic carbocycles. The van der Waals surface area contributed by atoms with Crippen LogP contribution in [0.25, 0.3) is 0 Å². The minimum absolute atomic E-state index is 0.740. The van der Waals surface area contributed by atoms with Crippen LogP contribution in [-0.4, -0.2) is 25.1 Å². The van der Waals surface area contributed by atoms with Gasteiger partial charge in [-0.2, -0.15) is 22.0 Å². The third-order valence-corrected chi connectivity index (χ3v) is 0.836. The highest BCUT2D eigenvalue weighted by Crippen LogP contribution is 2.35. The molecule has 0 radical (unpaired) electrons. The van der Waals surface area contributed by atoms with Gasteiger partial charge in [-0.3, -0.25) is 9.63 Å². The Bertz CT molecular complexity index is 177. The molecule has 0 aromatic carbocycles. The fraction of sp³-hybridized carbons (Fsp3) is 0.750. The van der Waals surface area contributed by atoms with Crippen LogP contribution in [0, 0.1) is 0 Å². The molecule has 0 aliphatic rings. The van der Waals surface area contributed by atoms with Crippen LogP contribution in [0.15, 0.2) is 0 Å². The molecule has 0 spiro atoms. The number of alkyl halides is 5. The third kappa shape index (κ3) is 2.03. The maximum atomic E-state index is 11.9. The molecule has 72 valence electrons. The lowest BCUT2D eigenvalue weighted by Gasteiger charge is -2.17. The van der Waals surface area contributed by atoms with Crippen LogP contribution in [0.2, 0.25) is 0 Å². The van der Waals surface area contributed by atoms with Gasteiger partial charge in [0.2, 0.25) is 0 Å². The first kappa shape index (κ1) is 11.1. The second-order valence-corrected chi connectivity index (χ2v) is 1.71. The Labute approximate surface area is 63.4 Å². The van der Waals surface area contributed by atoms with Gasteiger partial charge in [-0.15, -0.1) is 0 Å². The maximum Gasteiger partial charge on any atom is 0.463 e. The Hall–Kier alpha value is -0.920. The molecular formula is C4H4F5NO2. The standard InChI is InChI=1S/C4H4F5NO2/c1-12-10-2(11)3(5,6)4(7,8)9/h1H3,(H,10,11). The number of carbonyl (C=O) groups excluding carboxylic acids is 1. The molecule has 0 heterocycles. The van der Waals surface area contributed by atoms with Gasteiger partial charge >= 0.3 is 18.0 Å². The van der Waals surface area contributed by atoms with Crippen LogP contribution in [-0.2, 0) is 9.63 Å². The summed E-state index contributed by atoms with van der Waals surface area (Å²) >= 11 is 0. The van der Waals surface area contributed by atoms with Crippen molar-refractivity contribution in [1.82, 2.24) is 5.48 Å². The lowest BCUT2D eigenvalue weighted by Crippen LogP contribution is -2.50. The summed E-state index contributed by atoms with van der Waals surface area (Å²) in [5.74, 6) is -7.97. The number of nitrogens with one attached hydrogen (secondary N) is 1. The van der Waals surface area contributed by atoms with Crippen LogP contribution < -0.4 is 5.48 Å². The number of amides is 1. The Morgan fingerprint density at radius 3 is 1.92 bits per heavy atom. The van der Waals surface area contributed by atoms with E-state index < -0.39 is 18.0 Å². The molecule has 0 unspecified atom stereocenters. The molecule has 12 heavy (non-hydrogen) atoms. The highest BCUT2D eigenvalue weighted by Gasteiger charge is 2.63. The SMILES string of the molecule is CONC(=O)C(F)(F)C(F)(F)F. The summed E-state index contributed by atoms with van der Waals surface area (Å²) in [4.78, 5) is 13.6. The number of hydroxylamine groups is 1. The van der Waals surface area contributed by atoms with Gasteiger partial charge in [0.25, 0.3) is 0 Å². The van der Waals surface area contributed by atoms with Crippen molar-refractivity contribution in [2.24, 2.45) is 0 Å². The van der Waals surface area contributed by atoms with Crippen molar-refractivity contribution in [3.05, 3.63) is 0 Å². The van der Waals surface area contributed by atoms with E-state index in [1.165, 1.54) is 0 Å². The van der Waals surface area contributed by atoms with Crippen molar-refractivity contribution in [2.45, 2.75) is 12.1 Å². The molecule has 0 aromatic heterocycles. The first-order chi connectivity index (χ1) is 5.23. The number of rotatable bonds is 2. The van der Waals surface area contributed by atoms with Crippen molar-refractivity contribution in [3.63, 3.8) is 0 Å². The number of hydrogen-bond donors (Lipinski definition) is 1. The van der Waals surface area contributed by atoms with E-state index in [2.05, 4.69) is 4.84 Å². The summed E-state index contributed by atoms with van der Waals surface area (Å²) < 4.78 is 57.8. The Kier molecular flexibility index (Phi) is 2.97. The summed E-state index contributed by atoms with van der Waals surface area (Å²) in [6, 6.07) is 0. The minimum Gasteiger partial charge on any atom is -0.277 e. The molecule has 0 fully saturated rings. The van der Waals surface area contributed by atoms with E-state index in [-0.39, 0.29) is 0 Å². The van der Waals surface area contributed by atoms with Gasteiger partial charge in [-0.05, 0) is 0 Å². The maximum absolute atomic E-state index is 11.9. The first-order valence-corrected chi connectivity index (χ1v) is 2.51. The molecule has 8 heteroatoms. The van der Waals surface area contributed by atoms with Gasteiger partial charge in [0, 0.05) is 0 Å². The van der Waals surface area contributed by atoms with Crippen LogP contribution in [0.4, 0.5) is 22.0 Å². The summed E-state index contributed by atoms with van der Waals surface area (Å²) in [5.41, 5.74) is 0.883. The Morgan fingerprint density at radius 1 is 1.25 bits per heavy atom. The minimum atomic E-state index is -5.91. The summed E-state index contributed by atoms with van der Waals surface area (Å²) in [7, 11) is 0.740. The highest BCUT2D eigenvalue weighted by atomic mass is 19.4. The van der Waals surface area contributed by atoms with E-state index in [1.54, 1.807) is 0 Å². The molecule has 0 saturated carbocycles. The van der Waals surface area contributed by atoms with Crippen molar-refractivity contribution in [3.8, 4) is 0 Å². The Balaban J connectivity index is 4.50. The molecule has 0 atom stereocenters. The van der Waals surface area contributed by atoms with E-state index >= 15 is 0 Å². The fourth-order valence-electron chi connectivity index (χ4n) is 0.286. The number of carbonyl (C=O) groups is 1. The molecule has 0 rings (SSSR count). The molecule has 0 aliphatic heterocycles. The van der Waals surface area contributed by atoms with Crippen molar-refractivity contribution >= 4 is 5.91 Å². The summed E-state index contributed by atoms with van der Waals surface area (Å²) in [5, 5.41) is 0. The van der Waals surface area contributed by atoms with Gasteiger partial charge < -0.3 is 0 Å². The molecular weight excluding hydrogens is 189 g/mol. The zero-order chi connectivity index (χ0) is 9.99. The molecule has 0 bridgehead atoms. The van der Waals surface area contributed by atoms with Crippen molar-refractivity contribution in [2.75, 3.05) is 7.11 Å². The van der Waals surface area contributed by atoms with Crippen molar-refractivity contribution < 1.29 is 31.6 Å². The van der Waals surface area contributed by atoms with Crippen LogP contribution in [0.1, 0.15) is 0 Å². The smallest absolute Gasteiger partial charge is 0.277 e. The molecule has 1 N–H and O–H groups in total. The van der Waals surface area contributed by atoms with Crippen LogP contribution in [0.3, 0.4) is 0 Å². The monoisotopic (exact) mass is 193 g/mol. The molecule has 0 saturated heterocycles. The summed E-state index contributed by atoms with van der Waals surface area (Å²) in [6.45, 7) is 0. The van der Waals surface area contributed by atoms with Gasteiger partial charge in [0.05, 0.1) is 7.11 Å². The van der Waals surface area contributed by atoms with Gasteiger partial charge in [0.15, 0.2) is 0 Å². The Morgan fingerprint density at radius 2 is 1.67 bits per heavy atom. The van der Waals surface area contributed by atoms with E-state index in [0.29, 0.717) is 0 Å². The fourth-order valence-corrected chi connectivity index (χ4v) is 0.286. The van der Waals surface area contributed by atoms with Crippen LogP contribution in [0.5, 0.6) is 0 Å². The topological polar surface area (TPSA) is 38.3 Å². The molecule has 0 aromatic rings. The van der Waals surface area contributed by atoms with Gasteiger partial charge in [-0.1, -0.05) is 0 Å². The zero-order valence-electron chi connectivity index (χ0n) is 5.71.